The number of aryl methyl sites for hydroxylation is 2. The molecule has 1 aromatic carbocycles. The molecule has 0 atom stereocenters. The molecule has 0 unspecified atom stereocenters. The number of ether oxygens (including phenoxy) is 1. The van der Waals surface area contributed by atoms with Crippen molar-refractivity contribution in [2.75, 3.05) is 5.73 Å². The van der Waals surface area contributed by atoms with Crippen LogP contribution in [0, 0.1) is 20.8 Å². The molecular formula is C14H16N2O. The molecule has 2 rings (SSSR count). The number of rotatable bonds is 2. The lowest BCUT2D eigenvalue weighted by Crippen LogP contribution is -1.97. The second kappa shape index (κ2) is 4.45. The molecule has 3 nitrogen and oxygen atoms in total. The molecule has 2 N–H and O–H groups in total. The quantitative estimate of drug-likeness (QED) is 0.857. The summed E-state index contributed by atoms with van der Waals surface area (Å²) < 4.78 is 5.77. The summed E-state index contributed by atoms with van der Waals surface area (Å²) >= 11 is 0. The van der Waals surface area contributed by atoms with Crippen LogP contribution in [-0.4, -0.2) is 4.98 Å². The van der Waals surface area contributed by atoms with Gasteiger partial charge in [-0.25, -0.2) is 4.98 Å². The van der Waals surface area contributed by atoms with Gasteiger partial charge in [0.25, 0.3) is 0 Å². The van der Waals surface area contributed by atoms with E-state index in [0.717, 1.165) is 17.0 Å². The lowest BCUT2D eigenvalue weighted by Gasteiger charge is -2.11. The maximum Gasteiger partial charge on any atom is 0.242 e. The summed E-state index contributed by atoms with van der Waals surface area (Å²) in [5.41, 5.74) is 9.57. The summed E-state index contributed by atoms with van der Waals surface area (Å²) in [6.07, 6.45) is 0. The molecule has 0 saturated heterocycles. The molecule has 17 heavy (non-hydrogen) atoms. The van der Waals surface area contributed by atoms with E-state index in [2.05, 4.69) is 18.0 Å². The van der Waals surface area contributed by atoms with Crippen molar-refractivity contribution in [1.29, 1.82) is 0 Å². The Labute approximate surface area is 101 Å². The zero-order valence-electron chi connectivity index (χ0n) is 10.3. The lowest BCUT2D eigenvalue weighted by atomic mass is 10.1. The molecule has 0 saturated carbocycles. The molecule has 0 spiro atoms. The number of hydrogen-bond acceptors (Lipinski definition) is 3. The Kier molecular flexibility index (Phi) is 3.00. The first-order valence-electron chi connectivity index (χ1n) is 5.55. The van der Waals surface area contributed by atoms with Crippen molar-refractivity contribution < 1.29 is 4.74 Å². The fraction of sp³-hybridized carbons (Fsp3) is 0.214. The molecule has 0 amide bonds. The zero-order chi connectivity index (χ0) is 12.4. The molecule has 0 aliphatic carbocycles. The van der Waals surface area contributed by atoms with Gasteiger partial charge < -0.3 is 10.5 Å². The van der Waals surface area contributed by atoms with E-state index in [9.17, 15) is 0 Å². The minimum absolute atomic E-state index is 0.471. The second-order valence-corrected chi connectivity index (χ2v) is 4.15. The van der Waals surface area contributed by atoms with Gasteiger partial charge in [0.2, 0.25) is 5.88 Å². The second-order valence-electron chi connectivity index (χ2n) is 4.15. The first-order valence-corrected chi connectivity index (χ1v) is 5.55. The number of aromatic nitrogens is 1. The maximum absolute atomic E-state index is 5.84. The van der Waals surface area contributed by atoms with Crippen LogP contribution in [-0.2, 0) is 0 Å². The van der Waals surface area contributed by atoms with Crippen molar-refractivity contribution in [3.63, 3.8) is 0 Å². The van der Waals surface area contributed by atoms with Crippen LogP contribution < -0.4 is 10.5 Å². The van der Waals surface area contributed by atoms with Gasteiger partial charge in [-0.15, -0.1) is 0 Å². The Balaban J connectivity index is 2.38. The van der Waals surface area contributed by atoms with Gasteiger partial charge in [0, 0.05) is 5.69 Å². The number of nitrogen functional groups attached to an aromatic ring is 1. The van der Waals surface area contributed by atoms with Crippen molar-refractivity contribution in [2.45, 2.75) is 20.8 Å². The van der Waals surface area contributed by atoms with Crippen molar-refractivity contribution in [3.8, 4) is 11.6 Å². The van der Waals surface area contributed by atoms with Crippen molar-refractivity contribution in [1.82, 2.24) is 4.98 Å². The van der Waals surface area contributed by atoms with Gasteiger partial charge in [-0.3, -0.25) is 0 Å². The number of benzene rings is 1. The van der Waals surface area contributed by atoms with Gasteiger partial charge in [0.15, 0.2) is 0 Å². The average Bonchev–Trinajstić information content (AvgIpc) is 2.30. The lowest BCUT2D eigenvalue weighted by molar-refractivity contribution is 0.460. The number of nitrogens with zero attached hydrogens (tertiary/aromatic N) is 1. The van der Waals surface area contributed by atoms with Gasteiger partial charge >= 0.3 is 0 Å². The van der Waals surface area contributed by atoms with Crippen molar-refractivity contribution in [3.05, 3.63) is 47.2 Å². The normalized spacial score (nSPS) is 10.3. The van der Waals surface area contributed by atoms with Gasteiger partial charge in [0.05, 0.1) is 5.69 Å². The summed E-state index contributed by atoms with van der Waals surface area (Å²) in [6.45, 7) is 5.99. The summed E-state index contributed by atoms with van der Waals surface area (Å²) in [5.74, 6) is 1.27. The van der Waals surface area contributed by atoms with Crippen LogP contribution in [0.2, 0.25) is 0 Å². The molecule has 88 valence electrons. The standard InChI is InChI=1S/C14H16N2O/c1-9-5-4-6-13(11(9)3)17-14-12(15)8-7-10(2)16-14/h4-8H,15H2,1-3H3. The van der Waals surface area contributed by atoms with E-state index in [1.54, 1.807) is 0 Å². The molecule has 1 heterocycles. The van der Waals surface area contributed by atoms with Crippen molar-refractivity contribution >= 4 is 5.69 Å². The first-order chi connectivity index (χ1) is 8.08. The third-order valence-electron chi connectivity index (χ3n) is 2.79. The van der Waals surface area contributed by atoms with Gasteiger partial charge in [0.1, 0.15) is 5.75 Å². The fourth-order valence-electron chi connectivity index (χ4n) is 1.56. The maximum atomic E-state index is 5.84. The van der Waals surface area contributed by atoms with E-state index in [1.807, 2.05) is 38.1 Å². The Bertz CT molecular complexity index is 550. The Hall–Kier alpha value is -2.03. The van der Waals surface area contributed by atoms with Gasteiger partial charge in [-0.1, -0.05) is 12.1 Å². The zero-order valence-corrected chi connectivity index (χ0v) is 10.3. The van der Waals surface area contributed by atoms with E-state index in [1.165, 1.54) is 5.56 Å². The highest BCUT2D eigenvalue weighted by molar-refractivity contribution is 5.51. The van der Waals surface area contributed by atoms with Crippen LogP contribution >= 0.6 is 0 Å². The minimum Gasteiger partial charge on any atom is -0.437 e. The van der Waals surface area contributed by atoms with Crippen LogP contribution in [0.4, 0.5) is 5.69 Å². The van der Waals surface area contributed by atoms with E-state index in [4.69, 9.17) is 10.5 Å². The minimum atomic E-state index is 0.471. The molecule has 2 aromatic rings. The van der Waals surface area contributed by atoms with E-state index >= 15 is 0 Å². The van der Waals surface area contributed by atoms with Crippen LogP contribution in [0.15, 0.2) is 30.3 Å². The highest BCUT2D eigenvalue weighted by Crippen LogP contribution is 2.29. The van der Waals surface area contributed by atoms with E-state index in [0.29, 0.717) is 11.6 Å². The predicted octanol–water partition coefficient (Wildman–Crippen LogP) is 3.38. The predicted molar refractivity (Wildman–Crippen MR) is 69.4 cm³/mol. The summed E-state index contributed by atoms with van der Waals surface area (Å²) in [7, 11) is 0. The van der Waals surface area contributed by atoms with E-state index in [-0.39, 0.29) is 0 Å². The average molecular weight is 228 g/mol. The third-order valence-corrected chi connectivity index (χ3v) is 2.79. The summed E-state index contributed by atoms with van der Waals surface area (Å²) in [4.78, 5) is 4.29. The summed E-state index contributed by atoms with van der Waals surface area (Å²) in [5, 5.41) is 0. The van der Waals surface area contributed by atoms with Crippen LogP contribution in [0.5, 0.6) is 11.6 Å². The number of nitrogens with two attached hydrogens (primary N) is 1. The first kappa shape index (κ1) is 11.5. The Morgan fingerprint density at radius 2 is 1.82 bits per heavy atom. The monoisotopic (exact) mass is 228 g/mol. The highest BCUT2D eigenvalue weighted by Gasteiger charge is 2.07. The van der Waals surface area contributed by atoms with Crippen molar-refractivity contribution in [2.24, 2.45) is 0 Å². The molecule has 1 aromatic heterocycles. The Morgan fingerprint density at radius 3 is 2.59 bits per heavy atom. The molecule has 3 heteroatoms. The highest BCUT2D eigenvalue weighted by atomic mass is 16.5. The number of anilines is 1. The SMILES string of the molecule is Cc1ccc(N)c(Oc2cccc(C)c2C)n1. The largest absolute Gasteiger partial charge is 0.437 e. The van der Waals surface area contributed by atoms with Crippen LogP contribution in [0.1, 0.15) is 16.8 Å². The van der Waals surface area contributed by atoms with Crippen LogP contribution in [0.25, 0.3) is 0 Å². The van der Waals surface area contributed by atoms with Crippen LogP contribution in [0.3, 0.4) is 0 Å². The molecular weight excluding hydrogens is 212 g/mol. The fourth-order valence-corrected chi connectivity index (χ4v) is 1.56. The van der Waals surface area contributed by atoms with Gasteiger partial charge in [-0.05, 0) is 50.1 Å². The molecule has 0 radical (unpaired) electrons. The number of hydrogen-bond donors (Lipinski definition) is 1. The smallest absolute Gasteiger partial charge is 0.242 e. The van der Waals surface area contributed by atoms with E-state index < -0.39 is 0 Å². The molecule has 0 bridgehead atoms. The third kappa shape index (κ3) is 2.38. The topological polar surface area (TPSA) is 48.1 Å². The molecule has 0 aliphatic rings. The summed E-state index contributed by atoms with van der Waals surface area (Å²) in [6, 6.07) is 9.61. The number of pyridine rings is 1. The molecule has 0 fully saturated rings. The molecule has 0 aliphatic heterocycles. The Morgan fingerprint density at radius 1 is 1.06 bits per heavy atom. The van der Waals surface area contributed by atoms with Gasteiger partial charge in [-0.2, -0.15) is 0 Å².